The van der Waals surface area contributed by atoms with Gasteiger partial charge in [-0.3, -0.25) is 0 Å². The first-order valence-corrected chi connectivity index (χ1v) is 5.32. The molecule has 0 rings (SSSR count). The van der Waals surface area contributed by atoms with E-state index in [1.165, 1.54) is 0 Å². The third-order valence-corrected chi connectivity index (χ3v) is 0. The van der Waals surface area contributed by atoms with Gasteiger partial charge in [0.15, 0.2) is 0 Å². The van der Waals surface area contributed by atoms with E-state index in [0.29, 0.717) is 0 Å². The Morgan fingerprint density at radius 2 is 0.692 bits per heavy atom. The summed E-state index contributed by atoms with van der Waals surface area (Å²) in [6.07, 6.45) is 9.75. The van der Waals surface area contributed by atoms with Crippen molar-refractivity contribution in [3.8, 4) is 12.8 Å². The average Bonchev–Trinajstić information content (AvgIpc) is 2.32. The number of hydrogen-bond acceptors (Lipinski definition) is 0. The normalized spacial score (nSPS) is 3.00. The molecule has 0 aromatic rings. The van der Waals surface area contributed by atoms with Gasteiger partial charge in [0.05, 0.1) is 0 Å². The minimum Gasteiger partial charge on any atom is -0.124 e. The number of hydrogen-bond donors (Lipinski definition) is 0. The van der Waals surface area contributed by atoms with Gasteiger partial charge in [0, 0.05) is 0 Å². The highest BCUT2D eigenvalue weighted by molar-refractivity contribution is 4.51. The number of terminal acetylenes is 1. The van der Waals surface area contributed by atoms with E-state index in [4.69, 9.17) is 0 Å². The lowest BCUT2D eigenvalue weighted by Gasteiger charge is -1.31. The largest absolute Gasteiger partial charge is 0.124 e. The fourth-order valence-electron chi connectivity index (χ4n) is 0. The lowest BCUT2D eigenvalue weighted by atomic mass is 10.8. The average molecular weight is 188 g/mol. The SMILES string of the molecule is C#C.C=CC.CC.CC.CC.CC. The van der Waals surface area contributed by atoms with Crippen LogP contribution in [0.2, 0.25) is 0 Å². The van der Waals surface area contributed by atoms with Gasteiger partial charge in [-0.15, -0.1) is 19.4 Å². The van der Waals surface area contributed by atoms with Gasteiger partial charge < -0.3 is 0 Å². The molecule has 0 bridgehead atoms. The molecule has 0 aliphatic heterocycles. The molecular weight excluding hydrogens is 156 g/mol. The highest BCUT2D eigenvalue weighted by atomic mass is 13.2. The van der Waals surface area contributed by atoms with Crippen molar-refractivity contribution in [1.29, 1.82) is 0 Å². The molecule has 0 heteroatoms. The van der Waals surface area contributed by atoms with Crippen LogP contribution in [0, 0.1) is 12.8 Å². The molecule has 0 radical (unpaired) electrons. The highest BCUT2D eigenvalue weighted by Gasteiger charge is 1.15. The van der Waals surface area contributed by atoms with Gasteiger partial charge in [-0.05, 0) is 6.92 Å². The molecule has 0 aliphatic rings. The Labute approximate surface area is 88.5 Å². The maximum Gasteiger partial charge on any atom is -0.0473 e. The summed E-state index contributed by atoms with van der Waals surface area (Å²) >= 11 is 0. The van der Waals surface area contributed by atoms with Gasteiger partial charge in [0.2, 0.25) is 0 Å². The Bertz CT molecular complexity index is 24.3. The van der Waals surface area contributed by atoms with Gasteiger partial charge in [-0.2, -0.15) is 0 Å². The lowest BCUT2D eigenvalue weighted by Crippen LogP contribution is -1.07. The molecule has 0 aliphatic carbocycles. The molecule has 0 aromatic carbocycles. The van der Waals surface area contributed by atoms with E-state index in [2.05, 4.69) is 19.4 Å². The van der Waals surface area contributed by atoms with Crippen LogP contribution < -0.4 is 0 Å². The monoisotopic (exact) mass is 188 g/mol. The van der Waals surface area contributed by atoms with Crippen molar-refractivity contribution in [2.75, 3.05) is 0 Å². The first-order chi connectivity index (χ1) is 6.41. The van der Waals surface area contributed by atoms with Gasteiger partial charge in [0.1, 0.15) is 0 Å². The smallest absolute Gasteiger partial charge is 0.0473 e. The summed E-state index contributed by atoms with van der Waals surface area (Å²) in [6, 6.07) is 0. The predicted molar refractivity (Wildman–Crippen MR) is 71.2 cm³/mol. The van der Waals surface area contributed by atoms with Gasteiger partial charge >= 0.3 is 0 Å². The van der Waals surface area contributed by atoms with Crippen LogP contribution >= 0.6 is 0 Å². The Hall–Kier alpha value is -0.700. The quantitative estimate of drug-likeness (QED) is 0.345. The molecule has 0 saturated heterocycles. The molecule has 84 valence electrons. The number of allylic oxidation sites excluding steroid dienone is 1. The van der Waals surface area contributed by atoms with Crippen molar-refractivity contribution in [2.45, 2.75) is 62.3 Å². The minimum atomic E-state index is 1.75. The van der Waals surface area contributed by atoms with Crippen LogP contribution in [-0.4, -0.2) is 0 Å². The van der Waals surface area contributed by atoms with Gasteiger partial charge in [-0.25, -0.2) is 0 Å². The summed E-state index contributed by atoms with van der Waals surface area (Å²) in [5.41, 5.74) is 0. The third kappa shape index (κ3) is 1990. The molecule has 0 aromatic heterocycles. The van der Waals surface area contributed by atoms with E-state index in [0.717, 1.165) is 0 Å². The molecule has 0 saturated carbocycles. The molecule has 0 N–H and O–H groups in total. The molecule has 0 spiro atoms. The van der Waals surface area contributed by atoms with Crippen molar-refractivity contribution in [2.24, 2.45) is 0 Å². The molecule has 0 atom stereocenters. The molecule has 0 amide bonds. The van der Waals surface area contributed by atoms with Crippen LogP contribution in [0.15, 0.2) is 12.7 Å². The summed E-state index contributed by atoms with van der Waals surface area (Å²) < 4.78 is 0. The molecule has 0 heterocycles. The van der Waals surface area contributed by atoms with E-state index in [9.17, 15) is 0 Å². The third-order valence-electron chi connectivity index (χ3n) is 0. The summed E-state index contributed by atoms with van der Waals surface area (Å²) in [4.78, 5) is 0. The Balaban J connectivity index is -0.0000000115. The fraction of sp³-hybridized carbons (Fsp3) is 0.692. The molecule has 13 heavy (non-hydrogen) atoms. The van der Waals surface area contributed by atoms with Gasteiger partial charge in [-0.1, -0.05) is 61.5 Å². The predicted octanol–water partition coefficient (Wildman–Crippen LogP) is 5.55. The van der Waals surface area contributed by atoms with Crippen molar-refractivity contribution in [3.05, 3.63) is 12.7 Å². The number of rotatable bonds is 0. The van der Waals surface area contributed by atoms with Crippen LogP contribution in [0.5, 0.6) is 0 Å². The van der Waals surface area contributed by atoms with Crippen LogP contribution in [0.4, 0.5) is 0 Å². The summed E-state index contributed by atoms with van der Waals surface area (Å²) in [5, 5.41) is 0. The molecule has 0 fully saturated rings. The van der Waals surface area contributed by atoms with E-state index < -0.39 is 0 Å². The van der Waals surface area contributed by atoms with E-state index in [-0.39, 0.29) is 0 Å². The molecule has 0 nitrogen and oxygen atoms in total. The van der Waals surface area contributed by atoms with Crippen molar-refractivity contribution >= 4 is 0 Å². The van der Waals surface area contributed by atoms with Crippen molar-refractivity contribution in [1.82, 2.24) is 0 Å². The minimum absolute atomic E-state index is 1.75. The lowest BCUT2D eigenvalue weighted by molar-refractivity contribution is 1.50. The van der Waals surface area contributed by atoms with Gasteiger partial charge in [0.25, 0.3) is 0 Å². The van der Waals surface area contributed by atoms with Crippen LogP contribution in [-0.2, 0) is 0 Å². The van der Waals surface area contributed by atoms with E-state index in [1.54, 1.807) is 6.08 Å². The zero-order chi connectivity index (χ0) is 12.7. The van der Waals surface area contributed by atoms with Crippen LogP contribution in [0.3, 0.4) is 0 Å². The van der Waals surface area contributed by atoms with Crippen molar-refractivity contribution in [3.63, 3.8) is 0 Å². The van der Waals surface area contributed by atoms with Crippen molar-refractivity contribution < 1.29 is 0 Å². The second-order valence-electron chi connectivity index (χ2n) is 0.408. The zero-order valence-electron chi connectivity index (χ0n) is 11.4. The first kappa shape index (κ1) is 39.6. The maximum atomic E-state index is 4.00. The first-order valence-electron chi connectivity index (χ1n) is 5.32. The summed E-state index contributed by atoms with van der Waals surface area (Å²) in [5.74, 6) is 0. The second kappa shape index (κ2) is 13300. The fourth-order valence-corrected chi connectivity index (χ4v) is 0. The summed E-state index contributed by atoms with van der Waals surface area (Å²) in [6.45, 7) is 21.2. The highest BCUT2D eigenvalue weighted by Crippen LogP contribution is 1.38. The van der Waals surface area contributed by atoms with Crippen LogP contribution in [0.25, 0.3) is 0 Å². The second-order valence-corrected chi connectivity index (χ2v) is 0.408. The Kier molecular flexibility index (Phi) is 40500. The molecular formula is C13H32. The van der Waals surface area contributed by atoms with E-state index >= 15 is 0 Å². The zero-order valence-corrected chi connectivity index (χ0v) is 11.4. The topological polar surface area (TPSA) is 0 Å². The Morgan fingerprint density at radius 1 is 0.692 bits per heavy atom. The molecule has 0 unspecified atom stereocenters. The standard InChI is InChI=1S/C3H6.4C2H6.C2H2/c1-3-2;5*1-2/h3H,1H2,2H3;4*1-2H3;1-2H. The Morgan fingerprint density at radius 3 is 0.692 bits per heavy atom. The maximum absolute atomic E-state index is 4.00. The van der Waals surface area contributed by atoms with E-state index in [1.807, 2.05) is 62.3 Å². The van der Waals surface area contributed by atoms with Crippen LogP contribution in [0.1, 0.15) is 62.3 Å². The summed E-state index contributed by atoms with van der Waals surface area (Å²) in [7, 11) is 0.